The number of aliphatic hydroxyl groups excluding tert-OH is 1. The molecule has 0 aliphatic heterocycles. The number of hydrogen-bond acceptors (Lipinski definition) is 4. The molecule has 1 aliphatic rings. The summed E-state index contributed by atoms with van der Waals surface area (Å²) in [7, 11) is -3.09. The Labute approximate surface area is 98.4 Å². The first-order valence-corrected chi connectivity index (χ1v) is 7.88. The Bertz CT molecular complexity index is 284. The van der Waals surface area contributed by atoms with Gasteiger partial charge >= 0.3 is 0 Å². The van der Waals surface area contributed by atoms with Gasteiger partial charge in [0.25, 0.3) is 0 Å². The Morgan fingerprint density at radius 2 is 2.00 bits per heavy atom. The summed E-state index contributed by atoms with van der Waals surface area (Å²) in [5, 5.41) is 12.5. The second-order valence-electron chi connectivity index (χ2n) is 4.59. The van der Waals surface area contributed by atoms with Crippen molar-refractivity contribution in [3.63, 3.8) is 0 Å². The lowest BCUT2D eigenvalue weighted by Crippen LogP contribution is -2.35. The minimum absolute atomic E-state index is 0.0889. The fourth-order valence-corrected chi connectivity index (χ4v) is 4.13. The third-order valence-electron chi connectivity index (χ3n) is 3.04. The van der Waals surface area contributed by atoms with Crippen LogP contribution in [0.3, 0.4) is 0 Å². The lowest BCUT2D eigenvalue weighted by Gasteiger charge is -2.15. The summed E-state index contributed by atoms with van der Waals surface area (Å²) in [5.41, 5.74) is 0. The highest BCUT2D eigenvalue weighted by Gasteiger charge is 2.30. The molecule has 5 heteroatoms. The van der Waals surface area contributed by atoms with Crippen LogP contribution in [0.4, 0.5) is 0 Å². The zero-order valence-corrected chi connectivity index (χ0v) is 10.8. The third kappa shape index (κ3) is 4.39. The summed E-state index contributed by atoms with van der Waals surface area (Å²) in [6, 6.07) is 0. The van der Waals surface area contributed by atoms with Crippen molar-refractivity contribution in [1.29, 1.82) is 0 Å². The first-order chi connectivity index (χ1) is 7.56. The smallest absolute Gasteiger partial charge is 0.155 e. The fourth-order valence-electron chi connectivity index (χ4n) is 2.16. The van der Waals surface area contributed by atoms with Gasteiger partial charge in [-0.2, -0.15) is 0 Å². The molecule has 1 atom stereocenters. The van der Waals surface area contributed by atoms with E-state index in [4.69, 9.17) is 0 Å². The topological polar surface area (TPSA) is 66.4 Å². The van der Waals surface area contributed by atoms with Gasteiger partial charge in [-0.1, -0.05) is 19.8 Å². The van der Waals surface area contributed by atoms with Gasteiger partial charge in [-0.05, 0) is 25.8 Å². The van der Waals surface area contributed by atoms with Crippen molar-refractivity contribution in [2.75, 3.05) is 18.8 Å². The van der Waals surface area contributed by atoms with Gasteiger partial charge in [-0.25, -0.2) is 8.42 Å². The van der Waals surface area contributed by atoms with Crippen molar-refractivity contribution in [3.8, 4) is 0 Å². The zero-order valence-electron chi connectivity index (χ0n) is 9.98. The van der Waals surface area contributed by atoms with Crippen LogP contribution in [-0.4, -0.2) is 43.7 Å². The van der Waals surface area contributed by atoms with E-state index in [0.717, 1.165) is 38.6 Å². The Kier molecular flexibility index (Phi) is 5.72. The molecule has 0 spiro atoms. The first-order valence-electron chi connectivity index (χ1n) is 6.16. The van der Waals surface area contributed by atoms with Gasteiger partial charge in [0.1, 0.15) is 0 Å². The van der Waals surface area contributed by atoms with Crippen LogP contribution in [0.1, 0.15) is 39.0 Å². The van der Waals surface area contributed by atoms with Gasteiger partial charge in [0.05, 0.1) is 17.1 Å². The van der Waals surface area contributed by atoms with Gasteiger partial charge in [0.2, 0.25) is 0 Å². The molecule has 0 heterocycles. The summed E-state index contributed by atoms with van der Waals surface area (Å²) in [6.45, 7) is 3.23. The van der Waals surface area contributed by atoms with Crippen LogP contribution >= 0.6 is 0 Å². The van der Waals surface area contributed by atoms with Gasteiger partial charge in [-0.3, -0.25) is 0 Å². The highest BCUT2D eigenvalue weighted by molar-refractivity contribution is 7.92. The minimum atomic E-state index is -3.09. The molecule has 16 heavy (non-hydrogen) atoms. The second-order valence-corrected chi connectivity index (χ2v) is 6.92. The van der Waals surface area contributed by atoms with E-state index in [1.54, 1.807) is 0 Å². The predicted octanol–water partition coefficient (Wildman–Crippen LogP) is 0.704. The van der Waals surface area contributed by atoms with Crippen LogP contribution in [0.25, 0.3) is 0 Å². The highest BCUT2D eigenvalue weighted by Crippen LogP contribution is 2.25. The van der Waals surface area contributed by atoms with E-state index in [0.29, 0.717) is 6.54 Å². The van der Waals surface area contributed by atoms with E-state index in [1.165, 1.54) is 0 Å². The maximum absolute atomic E-state index is 11.9. The summed E-state index contributed by atoms with van der Waals surface area (Å²) in [4.78, 5) is 0. The van der Waals surface area contributed by atoms with E-state index in [9.17, 15) is 13.5 Å². The Morgan fingerprint density at radius 1 is 1.38 bits per heavy atom. The van der Waals surface area contributed by atoms with Gasteiger partial charge in [0, 0.05) is 6.54 Å². The lowest BCUT2D eigenvalue weighted by molar-refractivity contribution is 0.193. The van der Waals surface area contributed by atoms with Gasteiger partial charge < -0.3 is 10.4 Å². The monoisotopic (exact) mass is 249 g/mol. The Hall–Kier alpha value is -0.130. The van der Waals surface area contributed by atoms with Crippen molar-refractivity contribution >= 4 is 9.84 Å². The molecule has 1 unspecified atom stereocenters. The van der Waals surface area contributed by atoms with Gasteiger partial charge in [-0.15, -0.1) is 0 Å². The van der Waals surface area contributed by atoms with Crippen molar-refractivity contribution in [3.05, 3.63) is 0 Å². The number of aliphatic hydroxyl groups is 1. The highest BCUT2D eigenvalue weighted by atomic mass is 32.2. The quantitative estimate of drug-likeness (QED) is 0.652. The number of rotatable bonds is 7. The average molecular weight is 249 g/mol. The molecule has 0 saturated heterocycles. The van der Waals surface area contributed by atoms with E-state index >= 15 is 0 Å². The number of nitrogens with one attached hydrogen (secondary N) is 1. The van der Waals surface area contributed by atoms with Crippen LogP contribution in [0.2, 0.25) is 0 Å². The minimum Gasteiger partial charge on any atom is -0.391 e. The fraction of sp³-hybridized carbons (Fsp3) is 1.00. The summed E-state index contributed by atoms with van der Waals surface area (Å²) < 4.78 is 23.8. The maximum Gasteiger partial charge on any atom is 0.155 e. The molecule has 96 valence electrons. The normalized spacial score (nSPS) is 20.1. The zero-order chi connectivity index (χ0) is 12.0. The maximum atomic E-state index is 11.9. The molecule has 4 nitrogen and oxygen atoms in total. The Balaban J connectivity index is 2.33. The van der Waals surface area contributed by atoms with Crippen molar-refractivity contribution in [2.24, 2.45) is 0 Å². The molecule has 2 N–H and O–H groups in total. The molecule has 0 radical (unpaired) electrons. The molecule has 1 rings (SSSR count). The summed E-state index contributed by atoms with van der Waals surface area (Å²) >= 11 is 0. The van der Waals surface area contributed by atoms with Crippen LogP contribution in [0, 0.1) is 0 Å². The molecule has 1 fully saturated rings. The van der Waals surface area contributed by atoms with Crippen LogP contribution in [0.15, 0.2) is 0 Å². The molecule has 0 aromatic carbocycles. The molecule has 0 bridgehead atoms. The SMILES string of the molecule is CCCNCC(O)CS(=O)(=O)C1CCCC1. The Morgan fingerprint density at radius 3 is 2.56 bits per heavy atom. The lowest BCUT2D eigenvalue weighted by atomic mass is 10.4. The molecule has 0 aromatic rings. The second kappa shape index (κ2) is 6.57. The number of sulfone groups is 1. The van der Waals surface area contributed by atoms with E-state index < -0.39 is 15.9 Å². The summed E-state index contributed by atoms with van der Waals surface area (Å²) in [5.74, 6) is -0.0889. The van der Waals surface area contributed by atoms with Crippen molar-refractivity contribution in [1.82, 2.24) is 5.32 Å². The van der Waals surface area contributed by atoms with E-state index in [2.05, 4.69) is 5.32 Å². The molecule has 0 amide bonds. The third-order valence-corrected chi connectivity index (χ3v) is 5.38. The van der Waals surface area contributed by atoms with Crippen LogP contribution in [0.5, 0.6) is 0 Å². The average Bonchev–Trinajstić information content (AvgIpc) is 2.70. The number of hydrogen-bond donors (Lipinski definition) is 2. The van der Waals surface area contributed by atoms with Crippen LogP contribution < -0.4 is 5.32 Å². The predicted molar refractivity (Wildman–Crippen MR) is 65.2 cm³/mol. The molecular formula is C11H23NO3S. The molecule has 0 aromatic heterocycles. The van der Waals surface area contributed by atoms with Crippen molar-refractivity contribution in [2.45, 2.75) is 50.4 Å². The van der Waals surface area contributed by atoms with Gasteiger partial charge in [0.15, 0.2) is 9.84 Å². The standard InChI is InChI=1S/C11H23NO3S/c1-2-7-12-8-10(13)9-16(14,15)11-5-3-4-6-11/h10-13H,2-9H2,1H3. The van der Waals surface area contributed by atoms with E-state index in [1.807, 2.05) is 6.92 Å². The molecular weight excluding hydrogens is 226 g/mol. The summed E-state index contributed by atoms with van der Waals surface area (Å²) in [6.07, 6.45) is 3.79. The molecule has 1 saturated carbocycles. The van der Waals surface area contributed by atoms with Crippen LogP contribution in [-0.2, 0) is 9.84 Å². The van der Waals surface area contributed by atoms with Crippen molar-refractivity contribution < 1.29 is 13.5 Å². The largest absolute Gasteiger partial charge is 0.391 e. The molecule has 1 aliphatic carbocycles. The first kappa shape index (κ1) is 13.9. The van der Waals surface area contributed by atoms with E-state index in [-0.39, 0.29) is 11.0 Å².